The van der Waals surface area contributed by atoms with Crippen molar-refractivity contribution in [3.05, 3.63) is 113 Å². The second kappa shape index (κ2) is 7.55. The van der Waals surface area contributed by atoms with Gasteiger partial charge in [-0.1, -0.05) is 91.0 Å². The summed E-state index contributed by atoms with van der Waals surface area (Å²) in [6.07, 6.45) is 0. The first-order valence-corrected chi connectivity index (χ1v) is 9.24. The molecule has 0 bridgehead atoms. The maximum Gasteiger partial charge on any atom is 0.0917 e. The number of allylic oxidation sites excluding steroid dienone is 1. The quantitative estimate of drug-likeness (QED) is 0.543. The summed E-state index contributed by atoms with van der Waals surface area (Å²) < 4.78 is 0. The van der Waals surface area contributed by atoms with Crippen LogP contribution in [0, 0.1) is 0 Å². The molecular weight excluding hydrogens is 328 g/mol. The smallest absolute Gasteiger partial charge is 0.0917 e. The third-order valence-corrected chi connectivity index (χ3v) is 4.86. The van der Waals surface area contributed by atoms with Gasteiger partial charge in [-0.3, -0.25) is 4.99 Å². The van der Waals surface area contributed by atoms with E-state index in [1.54, 1.807) is 0 Å². The highest BCUT2D eigenvalue weighted by molar-refractivity contribution is 6.20. The van der Waals surface area contributed by atoms with E-state index in [0.717, 1.165) is 33.9 Å². The summed E-state index contributed by atoms with van der Waals surface area (Å²) in [7, 11) is 0. The number of nitrogens with zero attached hydrogens (tertiary/aromatic N) is 2. The first kappa shape index (κ1) is 17.2. The molecule has 0 fully saturated rings. The molecule has 1 atom stereocenters. The topological polar surface area (TPSA) is 24.7 Å². The largest absolute Gasteiger partial charge is 0.260 e. The van der Waals surface area contributed by atoms with Crippen LogP contribution in [0.15, 0.2) is 107 Å². The van der Waals surface area contributed by atoms with Crippen LogP contribution in [0.2, 0.25) is 0 Å². The Balaban J connectivity index is 1.96. The second-order valence-corrected chi connectivity index (χ2v) is 6.76. The van der Waals surface area contributed by atoms with Crippen molar-refractivity contribution in [2.75, 3.05) is 0 Å². The molecule has 4 rings (SSSR count). The Morgan fingerprint density at radius 2 is 1.11 bits per heavy atom. The van der Waals surface area contributed by atoms with Crippen LogP contribution >= 0.6 is 0 Å². The number of hydrogen-bond donors (Lipinski definition) is 0. The van der Waals surface area contributed by atoms with Crippen molar-refractivity contribution in [2.45, 2.75) is 19.8 Å². The van der Waals surface area contributed by atoms with Crippen molar-refractivity contribution in [3.8, 4) is 0 Å². The van der Waals surface area contributed by atoms with Gasteiger partial charge < -0.3 is 0 Å². The molecule has 27 heavy (non-hydrogen) atoms. The van der Waals surface area contributed by atoms with Gasteiger partial charge in [-0.25, -0.2) is 4.99 Å². The molecule has 3 aromatic rings. The minimum atomic E-state index is 0.0322. The summed E-state index contributed by atoms with van der Waals surface area (Å²) in [5, 5.41) is 0. The van der Waals surface area contributed by atoms with E-state index in [9.17, 15) is 0 Å². The number of benzene rings is 3. The van der Waals surface area contributed by atoms with Gasteiger partial charge in [-0.2, -0.15) is 0 Å². The predicted molar refractivity (Wildman–Crippen MR) is 114 cm³/mol. The van der Waals surface area contributed by atoms with Crippen LogP contribution in [0.5, 0.6) is 0 Å². The Morgan fingerprint density at radius 3 is 1.70 bits per heavy atom. The second-order valence-electron chi connectivity index (χ2n) is 6.76. The highest BCUT2D eigenvalue weighted by Crippen LogP contribution is 2.32. The van der Waals surface area contributed by atoms with E-state index in [-0.39, 0.29) is 5.92 Å². The lowest BCUT2D eigenvalue weighted by atomic mass is 9.86. The van der Waals surface area contributed by atoms with E-state index >= 15 is 0 Å². The summed E-state index contributed by atoms with van der Waals surface area (Å²) >= 11 is 0. The van der Waals surface area contributed by atoms with Gasteiger partial charge >= 0.3 is 0 Å². The first-order valence-electron chi connectivity index (χ1n) is 9.24. The van der Waals surface area contributed by atoms with E-state index in [0.29, 0.717) is 0 Å². The number of rotatable bonds is 3. The maximum absolute atomic E-state index is 5.19. The molecule has 0 N–H and O–H groups in total. The lowest BCUT2D eigenvalue weighted by Crippen LogP contribution is -2.20. The highest BCUT2D eigenvalue weighted by atomic mass is 14.9. The fraction of sp³-hybridized carbons (Fsp3) is 0.120. The molecule has 1 aliphatic rings. The molecule has 0 radical (unpaired) electrons. The Bertz CT molecular complexity index is 1010. The van der Waals surface area contributed by atoms with Crippen molar-refractivity contribution >= 4 is 17.1 Å². The predicted octanol–water partition coefficient (Wildman–Crippen LogP) is 6.12. The minimum absolute atomic E-state index is 0.0322. The van der Waals surface area contributed by atoms with E-state index < -0.39 is 0 Å². The molecule has 1 unspecified atom stereocenters. The summed E-state index contributed by atoms with van der Waals surface area (Å²) in [5.41, 5.74) is 7.42. The van der Waals surface area contributed by atoms with Crippen molar-refractivity contribution in [2.24, 2.45) is 9.98 Å². The van der Waals surface area contributed by atoms with Crippen molar-refractivity contribution in [3.63, 3.8) is 0 Å². The molecule has 0 spiro atoms. The lowest BCUT2D eigenvalue weighted by Gasteiger charge is -2.19. The van der Waals surface area contributed by atoms with E-state index in [1.807, 2.05) is 37.3 Å². The van der Waals surface area contributed by atoms with E-state index in [2.05, 4.69) is 67.6 Å². The van der Waals surface area contributed by atoms with Crippen LogP contribution in [0.1, 0.15) is 36.5 Å². The molecule has 0 saturated carbocycles. The molecule has 0 aromatic heterocycles. The van der Waals surface area contributed by atoms with Crippen molar-refractivity contribution < 1.29 is 0 Å². The average Bonchev–Trinajstić information content (AvgIpc) is 2.85. The zero-order valence-electron chi connectivity index (χ0n) is 15.6. The van der Waals surface area contributed by atoms with E-state index in [4.69, 9.17) is 9.98 Å². The van der Waals surface area contributed by atoms with Gasteiger partial charge in [-0.05, 0) is 25.0 Å². The third-order valence-electron chi connectivity index (χ3n) is 4.86. The van der Waals surface area contributed by atoms with E-state index in [1.165, 1.54) is 5.56 Å². The molecule has 0 saturated heterocycles. The summed E-state index contributed by atoms with van der Waals surface area (Å²) in [6.45, 7) is 4.15. The molecule has 132 valence electrons. The fourth-order valence-corrected chi connectivity index (χ4v) is 3.60. The third kappa shape index (κ3) is 3.52. The average molecular weight is 350 g/mol. The van der Waals surface area contributed by atoms with Crippen LogP contribution < -0.4 is 0 Å². The van der Waals surface area contributed by atoms with Gasteiger partial charge in [0.05, 0.1) is 23.0 Å². The zero-order chi connectivity index (χ0) is 18.6. The summed E-state index contributed by atoms with van der Waals surface area (Å²) in [4.78, 5) is 10.1. The Morgan fingerprint density at radius 1 is 0.593 bits per heavy atom. The van der Waals surface area contributed by atoms with Crippen LogP contribution in [0.3, 0.4) is 0 Å². The van der Waals surface area contributed by atoms with Crippen LogP contribution in [-0.2, 0) is 0 Å². The van der Waals surface area contributed by atoms with Gasteiger partial charge in [0.2, 0.25) is 0 Å². The van der Waals surface area contributed by atoms with Crippen molar-refractivity contribution in [1.29, 1.82) is 0 Å². The minimum Gasteiger partial charge on any atom is -0.260 e. The number of aliphatic imine (C=N–C) groups is 2. The SMILES string of the molecule is CC1=NC(C)=C(c2ccccc2)N=C(c2ccccc2)C1c1ccccc1. The Hall–Kier alpha value is -3.26. The van der Waals surface area contributed by atoms with Gasteiger partial charge in [0.1, 0.15) is 0 Å². The van der Waals surface area contributed by atoms with Crippen molar-refractivity contribution in [1.82, 2.24) is 0 Å². The zero-order valence-corrected chi connectivity index (χ0v) is 15.6. The fourth-order valence-electron chi connectivity index (χ4n) is 3.60. The van der Waals surface area contributed by atoms with Gasteiger partial charge in [0.15, 0.2) is 0 Å². The van der Waals surface area contributed by atoms with Gasteiger partial charge in [-0.15, -0.1) is 0 Å². The van der Waals surface area contributed by atoms with Gasteiger partial charge in [0, 0.05) is 11.3 Å². The lowest BCUT2D eigenvalue weighted by molar-refractivity contribution is 1.17. The standard InChI is InChI=1S/C25H22N2/c1-18-23(20-12-6-3-7-13-20)25(22-16-10-5-11-17-22)27-24(19(2)26-18)21-14-8-4-9-15-21/h3-17,23H,1-2H3. The molecule has 0 aliphatic carbocycles. The highest BCUT2D eigenvalue weighted by Gasteiger charge is 2.26. The molecular formula is C25H22N2. The molecule has 2 heteroatoms. The Labute approximate surface area is 160 Å². The molecule has 1 heterocycles. The Kier molecular flexibility index (Phi) is 4.80. The molecule has 0 amide bonds. The molecule has 3 aromatic carbocycles. The monoisotopic (exact) mass is 350 g/mol. The summed E-state index contributed by atoms with van der Waals surface area (Å²) in [5.74, 6) is 0.0322. The van der Waals surface area contributed by atoms with Crippen LogP contribution in [-0.4, -0.2) is 11.4 Å². The first-order chi connectivity index (χ1) is 13.2. The van der Waals surface area contributed by atoms with Crippen LogP contribution in [0.25, 0.3) is 5.70 Å². The van der Waals surface area contributed by atoms with Crippen LogP contribution in [0.4, 0.5) is 0 Å². The molecule has 1 aliphatic heterocycles. The maximum atomic E-state index is 5.19. The summed E-state index contributed by atoms with van der Waals surface area (Å²) in [6, 6.07) is 31.3. The molecule has 2 nitrogen and oxygen atoms in total. The normalized spacial score (nSPS) is 17.2. The van der Waals surface area contributed by atoms with Gasteiger partial charge in [0.25, 0.3) is 0 Å². The number of hydrogen-bond acceptors (Lipinski definition) is 2.